The third-order valence-corrected chi connectivity index (χ3v) is 0.211. The Morgan fingerprint density at radius 3 is 1.57 bits per heavy atom. The molecular weight excluding hydrogens is 102 g/mol. The lowest BCUT2D eigenvalue weighted by Crippen LogP contribution is -2.21. The zero-order chi connectivity index (χ0) is 5.15. The first-order valence-electron chi connectivity index (χ1n) is 1.17. The molecule has 0 saturated carbocycles. The van der Waals surface area contributed by atoms with E-state index in [2.05, 4.69) is 5.73 Å². The summed E-state index contributed by atoms with van der Waals surface area (Å²) in [5.41, 5.74) is 4.20. The average Bonchev–Trinajstić information content (AvgIpc) is 1.36. The molecule has 5 heteroatoms. The highest BCUT2D eigenvalue weighted by atomic mass is 16.4. The van der Waals surface area contributed by atoms with Gasteiger partial charge in [0.05, 0.1) is 0 Å². The summed E-state index contributed by atoms with van der Waals surface area (Å²) in [6.45, 7) is 0. The maximum atomic E-state index is 9.32. The van der Waals surface area contributed by atoms with E-state index in [0.717, 1.165) is 0 Å². The maximum absolute atomic E-state index is 9.32. The fraction of sp³-hybridized carbons (Fsp3) is 0. The molecule has 0 radical (unpaired) electrons. The van der Waals surface area contributed by atoms with Crippen LogP contribution in [0.15, 0.2) is 0 Å². The first-order chi connectivity index (χ1) is 2.64. The molecule has 0 aromatic heterocycles. The molecule has 0 unspecified atom stereocenters. The van der Waals surface area contributed by atoms with E-state index < -0.39 is 11.9 Å². The van der Waals surface area contributed by atoms with Gasteiger partial charge in [-0.1, -0.05) is 0 Å². The highest BCUT2D eigenvalue weighted by molar-refractivity contribution is 6.30. The number of carbonyl (C=O) groups excluding carboxylic acids is 1. The van der Waals surface area contributed by atoms with Gasteiger partial charge >= 0.3 is 11.9 Å². The molecule has 0 atom stereocenters. The Labute approximate surface area is 39.0 Å². The predicted octanol–water partition coefficient (Wildman–Crippen LogP) is -2.27. The number of carboxylic acid groups (broad SMARTS) is 1. The van der Waals surface area contributed by atoms with Gasteiger partial charge in [-0.05, 0) is 0 Å². The van der Waals surface area contributed by atoms with Crippen molar-refractivity contribution in [2.75, 3.05) is 0 Å². The zero-order valence-electron chi connectivity index (χ0n) is 3.34. The van der Waals surface area contributed by atoms with Crippen LogP contribution in [-0.4, -0.2) is 22.5 Å². The Balaban J connectivity index is 0. The average molecular weight is 107 g/mol. The summed E-state index contributed by atoms with van der Waals surface area (Å²) in [6.07, 6.45) is 0. The molecule has 0 aliphatic rings. The van der Waals surface area contributed by atoms with Gasteiger partial charge < -0.3 is 16.3 Å². The number of primary amides is 1. The summed E-state index contributed by atoms with van der Waals surface area (Å²) in [5, 5.41) is 7.52. The molecule has 0 fully saturated rings. The van der Waals surface area contributed by atoms with Crippen LogP contribution in [0.2, 0.25) is 0 Å². The molecule has 5 nitrogen and oxygen atoms in total. The van der Waals surface area contributed by atoms with Crippen LogP contribution in [0.25, 0.3) is 0 Å². The van der Waals surface area contributed by atoms with Crippen molar-refractivity contribution in [1.29, 1.82) is 0 Å². The molecule has 0 aromatic rings. The number of hydrogen-bond donors (Lipinski definition) is 2. The lowest BCUT2D eigenvalue weighted by atomic mass is 10.7. The first kappa shape index (κ1) is 9.31. The normalized spacial score (nSPS) is 6.29. The van der Waals surface area contributed by atoms with Crippen LogP contribution in [0, 0.1) is 0 Å². The van der Waals surface area contributed by atoms with E-state index in [4.69, 9.17) is 5.11 Å². The zero-order valence-corrected chi connectivity index (χ0v) is 3.34. The maximum Gasteiger partial charge on any atom is 0.394 e. The van der Waals surface area contributed by atoms with Gasteiger partial charge in [-0.2, -0.15) is 0 Å². The molecule has 0 aliphatic heterocycles. The minimum absolute atomic E-state index is 0. The third kappa shape index (κ3) is 4.90. The molecule has 0 spiro atoms. The highest BCUT2D eigenvalue weighted by Crippen LogP contribution is 1.51. The standard InChI is InChI=1S/C2H3NO3.H2O/c3-1(4)2(5)6;/h(H2,3,4)(H,5,6);1H2. The van der Waals surface area contributed by atoms with Gasteiger partial charge in [-0.25, -0.2) is 4.79 Å². The van der Waals surface area contributed by atoms with Crippen LogP contribution in [0.3, 0.4) is 0 Å². The van der Waals surface area contributed by atoms with E-state index >= 15 is 0 Å². The van der Waals surface area contributed by atoms with Gasteiger partial charge in [0.15, 0.2) is 0 Å². The molecular formula is C2H5NO4. The molecule has 0 heterocycles. The number of nitrogens with two attached hydrogens (primary N) is 1. The number of rotatable bonds is 0. The monoisotopic (exact) mass is 107 g/mol. The van der Waals surface area contributed by atoms with Gasteiger partial charge in [0.1, 0.15) is 0 Å². The Morgan fingerprint density at radius 2 is 1.57 bits per heavy atom. The lowest BCUT2D eigenvalue weighted by molar-refractivity contribution is -0.148. The van der Waals surface area contributed by atoms with Gasteiger partial charge in [-0.3, -0.25) is 4.79 Å². The Hall–Kier alpha value is -1.10. The minimum atomic E-state index is -1.60. The fourth-order valence-electron chi connectivity index (χ4n) is 0. The van der Waals surface area contributed by atoms with Crippen molar-refractivity contribution in [3.05, 3.63) is 0 Å². The molecule has 0 aromatic carbocycles. The van der Waals surface area contributed by atoms with Crippen LogP contribution in [-0.2, 0) is 9.59 Å². The molecule has 0 aliphatic carbocycles. The summed E-state index contributed by atoms with van der Waals surface area (Å²) in [4.78, 5) is 18.5. The van der Waals surface area contributed by atoms with Gasteiger partial charge in [0, 0.05) is 0 Å². The van der Waals surface area contributed by atoms with Gasteiger partial charge in [0.25, 0.3) is 0 Å². The van der Waals surface area contributed by atoms with Crippen molar-refractivity contribution in [2.45, 2.75) is 0 Å². The van der Waals surface area contributed by atoms with E-state index in [9.17, 15) is 9.59 Å². The summed E-state index contributed by atoms with van der Waals surface area (Å²) in [6, 6.07) is 0. The molecule has 0 bridgehead atoms. The van der Waals surface area contributed by atoms with Crippen LogP contribution in [0.1, 0.15) is 0 Å². The number of carboxylic acids is 1. The lowest BCUT2D eigenvalue weighted by Gasteiger charge is -1.74. The van der Waals surface area contributed by atoms with Crippen LogP contribution >= 0.6 is 0 Å². The summed E-state index contributed by atoms with van der Waals surface area (Å²) < 4.78 is 0. The van der Waals surface area contributed by atoms with Crippen LogP contribution in [0.4, 0.5) is 0 Å². The first-order valence-corrected chi connectivity index (χ1v) is 1.17. The number of aliphatic carboxylic acids is 1. The van der Waals surface area contributed by atoms with Gasteiger partial charge in [-0.15, -0.1) is 0 Å². The SMILES string of the molecule is NC(=O)C(=O)O.O. The van der Waals surface area contributed by atoms with E-state index in [0.29, 0.717) is 0 Å². The van der Waals surface area contributed by atoms with Crippen molar-refractivity contribution in [3.8, 4) is 0 Å². The molecule has 0 saturated heterocycles. The quantitative estimate of drug-likeness (QED) is 0.340. The largest absolute Gasteiger partial charge is 0.474 e. The second kappa shape index (κ2) is 3.10. The van der Waals surface area contributed by atoms with Crippen molar-refractivity contribution in [2.24, 2.45) is 5.73 Å². The van der Waals surface area contributed by atoms with E-state index in [1.165, 1.54) is 0 Å². The van der Waals surface area contributed by atoms with Crippen molar-refractivity contribution in [1.82, 2.24) is 0 Å². The molecule has 42 valence electrons. The summed E-state index contributed by atoms with van der Waals surface area (Å²) >= 11 is 0. The molecule has 1 amide bonds. The van der Waals surface area contributed by atoms with E-state index in [1.807, 2.05) is 0 Å². The predicted molar refractivity (Wildman–Crippen MR) is 20.4 cm³/mol. The minimum Gasteiger partial charge on any atom is -0.474 e. The summed E-state index contributed by atoms with van der Waals surface area (Å²) in [5.74, 6) is -2.93. The summed E-state index contributed by atoms with van der Waals surface area (Å²) in [7, 11) is 0. The van der Waals surface area contributed by atoms with E-state index in [1.54, 1.807) is 0 Å². The van der Waals surface area contributed by atoms with Crippen molar-refractivity contribution < 1.29 is 20.2 Å². The number of carbonyl (C=O) groups is 2. The third-order valence-electron chi connectivity index (χ3n) is 0.211. The second-order valence-corrected chi connectivity index (χ2v) is 0.669. The molecule has 5 N–H and O–H groups in total. The number of hydrogen-bond acceptors (Lipinski definition) is 2. The van der Waals surface area contributed by atoms with Crippen LogP contribution < -0.4 is 5.73 Å². The molecule has 7 heavy (non-hydrogen) atoms. The van der Waals surface area contributed by atoms with Crippen LogP contribution in [0.5, 0.6) is 0 Å². The molecule has 0 rings (SSSR count). The van der Waals surface area contributed by atoms with E-state index in [-0.39, 0.29) is 5.48 Å². The Bertz CT molecular complexity index is 75.7. The van der Waals surface area contributed by atoms with Crippen molar-refractivity contribution in [3.63, 3.8) is 0 Å². The Morgan fingerprint density at radius 1 is 1.43 bits per heavy atom. The fourth-order valence-corrected chi connectivity index (χ4v) is 0. The van der Waals surface area contributed by atoms with Crippen molar-refractivity contribution >= 4 is 11.9 Å². The smallest absolute Gasteiger partial charge is 0.394 e. The van der Waals surface area contributed by atoms with Gasteiger partial charge in [0.2, 0.25) is 0 Å². The highest BCUT2D eigenvalue weighted by Gasteiger charge is 2.00. The second-order valence-electron chi connectivity index (χ2n) is 0.669. The Kier molecular flexibility index (Phi) is 4.13. The number of amides is 1. The topological polar surface area (TPSA) is 112 Å².